The SMILES string of the molecule is CCOc1ccc(C(=O)N2CC(COC)C3(CCNCC3)C2)cc1OCC.Cl. The Morgan fingerprint density at radius 2 is 1.86 bits per heavy atom. The third-order valence-electron chi connectivity index (χ3n) is 5.86. The zero-order chi connectivity index (χ0) is 19.3. The molecular formula is C21H33ClN2O4. The smallest absolute Gasteiger partial charge is 0.254 e. The summed E-state index contributed by atoms with van der Waals surface area (Å²) in [5.74, 6) is 1.77. The Balaban J connectivity index is 0.00000280. The minimum atomic E-state index is 0. The Kier molecular flexibility index (Phi) is 8.40. The van der Waals surface area contributed by atoms with Crippen molar-refractivity contribution in [2.24, 2.45) is 11.3 Å². The summed E-state index contributed by atoms with van der Waals surface area (Å²) in [7, 11) is 1.75. The van der Waals surface area contributed by atoms with Gasteiger partial charge in [-0.3, -0.25) is 4.79 Å². The minimum absolute atomic E-state index is 0. The van der Waals surface area contributed by atoms with Crippen molar-refractivity contribution in [1.82, 2.24) is 10.2 Å². The molecule has 28 heavy (non-hydrogen) atoms. The molecule has 7 heteroatoms. The Hall–Kier alpha value is -1.50. The van der Waals surface area contributed by atoms with Gasteiger partial charge in [0, 0.05) is 31.7 Å². The van der Waals surface area contributed by atoms with Gasteiger partial charge in [-0.05, 0) is 63.4 Å². The van der Waals surface area contributed by atoms with Gasteiger partial charge >= 0.3 is 0 Å². The molecule has 3 rings (SSSR count). The molecule has 6 nitrogen and oxygen atoms in total. The van der Waals surface area contributed by atoms with Gasteiger partial charge in [-0.2, -0.15) is 0 Å². The normalized spacial score (nSPS) is 20.7. The number of hydrogen-bond acceptors (Lipinski definition) is 5. The molecule has 1 unspecified atom stereocenters. The molecule has 2 aliphatic heterocycles. The van der Waals surface area contributed by atoms with Gasteiger partial charge < -0.3 is 24.4 Å². The van der Waals surface area contributed by atoms with Gasteiger partial charge in [0.2, 0.25) is 0 Å². The topological polar surface area (TPSA) is 60.0 Å². The van der Waals surface area contributed by atoms with E-state index in [0.717, 1.165) is 39.0 Å². The number of carbonyl (C=O) groups excluding carboxylic acids is 1. The molecule has 0 saturated carbocycles. The quantitative estimate of drug-likeness (QED) is 0.746. The van der Waals surface area contributed by atoms with Gasteiger partial charge in [-0.15, -0.1) is 12.4 Å². The van der Waals surface area contributed by atoms with Gasteiger partial charge in [-0.25, -0.2) is 0 Å². The molecule has 1 amide bonds. The van der Waals surface area contributed by atoms with Crippen LogP contribution in [0.15, 0.2) is 18.2 Å². The Labute approximate surface area is 174 Å². The molecule has 0 aromatic heterocycles. The summed E-state index contributed by atoms with van der Waals surface area (Å²) < 4.78 is 16.8. The van der Waals surface area contributed by atoms with Crippen LogP contribution in [0.1, 0.15) is 37.0 Å². The second-order valence-corrected chi connectivity index (χ2v) is 7.48. The summed E-state index contributed by atoms with van der Waals surface area (Å²) in [5, 5.41) is 3.44. The van der Waals surface area contributed by atoms with Crippen LogP contribution in [0.5, 0.6) is 11.5 Å². The zero-order valence-electron chi connectivity index (χ0n) is 17.2. The van der Waals surface area contributed by atoms with E-state index < -0.39 is 0 Å². The number of ether oxygens (including phenoxy) is 3. The first kappa shape index (κ1) is 22.8. The van der Waals surface area contributed by atoms with Crippen molar-refractivity contribution < 1.29 is 19.0 Å². The number of nitrogens with zero attached hydrogens (tertiary/aromatic N) is 1. The highest BCUT2D eigenvalue weighted by Crippen LogP contribution is 2.44. The summed E-state index contributed by atoms with van der Waals surface area (Å²) in [6, 6.07) is 5.49. The van der Waals surface area contributed by atoms with Gasteiger partial charge in [0.15, 0.2) is 11.5 Å². The highest BCUT2D eigenvalue weighted by atomic mass is 35.5. The maximum atomic E-state index is 13.2. The molecule has 158 valence electrons. The predicted molar refractivity (Wildman–Crippen MR) is 112 cm³/mol. The summed E-state index contributed by atoms with van der Waals surface area (Å²) in [6.07, 6.45) is 2.19. The lowest BCUT2D eigenvalue weighted by Gasteiger charge is -2.38. The number of likely N-dealkylation sites (tertiary alicyclic amines) is 1. The van der Waals surface area contributed by atoms with E-state index in [1.807, 2.05) is 36.9 Å². The molecule has 2 aliphatic rings. The number of halogens is 1. The van der Waals surface area contributed by atoms with Crippen LogP contribution in [0.3, 0.4) is 0 Å². The fourth-order valence-electron chi connectivity index (χ4n) is 4.48. The van der Waals surface area contributed by atoms with Crippen LogP contribution in [-0.4, -0.2) is 63.9 Å². The number of piperidine rings is 1. The van der Waals surface area contributed by atoms with Crippen molar-refractivity contribution in [3.63, 3.8) is 0 Å². The van der Waals surface area contributed by atoms with E-state index >= 15 is 0 Å². The maximum Gasteiger partial charge on any atom is 0.254 e. The van der Waals surface area contributed by atoms with E-state index in [2.05, 4.69) is 5.32 Å². The fraction of sp³-hybridized carbons (Fsp3) is 0.667. The Morgan fingerprint density at radius 3 is 2.50 bits per heavy atom. The number of methoxy groups -OCH3 is 1. The summed E-state index contributed by atoms with van der Waals surface area (Å²) in [5.41, 5.74) is 0.828. The van der Waals surface area contributed by atoms with Gasteiger partial charge in [0.05, 0.1) is 19.8 Å². The molecule has 0 aliphatic carbocycles. The van der Waals surface area contributed by atoms with Gasteiger partial charge in [0.1, 0.15) is 0 Å². The highest BCUT2D eigenvalue weighted by molar-refractivity contribution is 5.95. The third kappa shape index (κ3) is 4.73. The molecule has 1 aromatic carbocycles. The van der Waals surface area contributed by atoms with Gasteiger partial charge in [-0.1, -0.05) is 0 Å². The average Bonchev–Trinajstić information content (AvgIpc) is 3.01. The summed E-state index contributed by atoms with van der Waals surface area (Å²) in [6.45, 7) is 9.26. The van der Waals surface area contributed by atoms with E-state index in [0.29, 0.717) is 42.8 Å². The molecule has 1 spiro atoms. The van der Waals surface area contributed by atoms with Crippen LogP contribution in [0, 0.1) is 11.3 Å². The second-order valence-electron chi connectivity index (χ2n) is 7.48. The van der Waals surface area contributed by atoms with Crippen molar-refractivity contribution in [2.75, 3.05) is 53.1 Å². The van der Waals surface area contributed by atoms with Crippen molar-refractivity contribution in [3.05, 3.63) is 23.8 Å². The van der Waals surface area contributed by atoms with Crippen LogP contribution < -0.4 is 14.8 Å². The lowest BCUT2D eigenvalue weighted by atomic mass is 9.71. The number of carbonyl (C=O) groups is 1. The first-order valence-electron chi connectivity index (χ1n) is 10.0. The zero-order valence-corrected chi connectivity index (χ0v) is 18.0. The minimum Gasteiger partial charge on any atom is -0.490 e. The van der Waals surface area contributed by atoms with E-state index in [-0.39, 0.29) is 23.7 Å². The Bertz CT molecular complexity index is 649. The largest absolute Gasteiger partial charge is 0.490 e. The number of benzene rings is 1. The number of amides is 1. The third-order valence-corrected chi connectivity index (χ3v) is 5.86. The molecule has 0 radical (unpaired) electrons. The lowest BCUT2D eigenvalue weighted by molar-refractivity contribution is 0.0701. The van der Waals surface area contributed by atoms with E-state index in [1.165, 1.54) is 0 Å². The van der Waals surface area contributed by atoms with Crippen LogP contribution in [-0.2, 0) is 4.74 Å². The molecular weight excluding hydrogens is 380 g/mol. The average molecular weight is 413 g/mol. The van der Waals surface area contributed by atoms with Crippen molar-refractivity contribution in [1.29, 1.82) is 0 Å². The number of rotatable bonds is 7. The molecule has 1 atom stereocenters. The molecule has 0 bridgehead atoms. The first-order valence-corrected chi connectivity index (χ1v) is 10.0. The van der Waals surface area contributed by atoms with Crippen molar-refractivity contribution >= 4 is 18.3 Å². The molecule has 1 N–H and O–H groups in total. The molecule has 2 fully saturated rings. The molecule has 2 saturated heterocycles. The number of hydrogen-bond donors (Lipinski definition) is 1. The number of nitrogens with one attached hydrogen (secondary N) is 1. The van der Waals surface area contributed by atoms with Crippen molar-refractivity contribution in [2.45, 2.75) is 26.7 Å². The van der Waals surface area contributed by atoms with Crippen LogP contribution in [0.25, 0.3) is 0 Å². The summed E-state index contributed by atoms with van der Waals surface area (Å²) in [4.78, 5) is 15.2. The monoisotopic (exact) mass is 412 g/mol. The summed E-state index contributed by atoms with van der Waals surface area (Å²) >= 11 is 0. The van der Waals surface area contributed by atoms with Crippen LogP contribution in [0.2, 0.25) is 0 Å². The Morgan fingerprint density at radius 1 is 1.18 bits per heavy atom. The predicted octanol–water partition coefficient (Wildman–Crippen LogP) is 2.99. The highest BCUT2D eigenvalue weighted by Gasteiger charge is 2.48. The maximum absolute atomic E-state index is 13.2. The molecule has 2 heterocycles. The lowest BCUT2D eigenvalue weighted by Crippen LogP contribution is -2.43. The second kappa shape index (κ2) is 10.3. The molecule has 1 aromatic rings. The van der Waals surface area contributed by atoms with E-state index in [1.54, 1.807) is 7.11 Å². The first-order chi connectivity index (χ1) is 13.1. The van der Waals surface area contributed by atoms with Crippen LogP contribution >= 0.6 is 12.4 Å². The fourth-order valence-corrected chi connectivity index (χ4v) is 4.48. The standard InChI is InChI=1S/C21H32N2O4.ClH/c1-4-26-18-7-6-16(12-19(18)27-5-2)20(24)23-13-17(14-25-3)21(15-23)8-10-22-11-9-21;/h6-7,12,17,22H,4-5,8-11,13-15H2,1-3H3;1H. The van der Waals surface area contributed by atoms with Crippen LogP contribution in [0.4, 0.5) is 0 Å². The van der Waals surface area contributed by atoms with E-state index in [9.17, 15) is 4.79 Å². The van der Waals surface area contributed by atoms with E-state index in [4.69, 9.17) is 14.2 Å². The van der Waals surface area contributed by atoms with Gasteiger partial charge in [0.25, 0.3) is 5.91 Å². The van der Waals surface area contributed by atoms with Crippen molar-refractivity contribution in [3.8, 4) is 11.5 Å².